The lowest BCUT2D eigenvalue weighted by molar-refractivity contribution is -0.139. The Morgan fingerprint density at radius 3 is 2.74 bits per heavy atom. The summed E-state index contributed by atoms with van der Waals surface area (Å²) >= 11 is 0. The Labute approximate surface area is 228 Å². The van der Waals surface area contributed by atoms with E-state index in [1.54, 1.807) is 0 Å². The smallest absolute Gasteiger partial charge is 0.326 e. The van der Waals surface area contributed by atoms with Crippen molar-refractivity contribution in [3.8, 4) is 0 Å². The number of fused-ring (bicyclic) bond motifs is 1. The van der Waals surface area contributed by atoms with Gasteiger partial charge >= 0.3 is 5.97 Å². The number of carbonyl (C=O) groups is 2. The fraction of sp³-hybridized carbons (Fsp3) is 0.571. The molecule has 0 aromatic carbocycles. The van der Waals surface area contributed by atoms with Crippen LogP contribution < -0.4 is 10.6 Å². The topological polar surface area (TPSA) is 117 Å². The third-order valence-corrected chi connectivity index (χ3v) is 6.59. The second kappa shape index (κ2) is 15.4. The molecule has 3 rings (SSSR count). The van der Waals surface area contributed by atoms with Crippen molar-refractivity contribution in [1.29, 1.82) is 0 Å². The highest BCUT2D eigenvalue weighted by Gasteiger charge is 2.25. The van der Waals surface area contributed by atoms with Crippen LogP contribution in [0.2, 0.25) is 0 Å². The molecule has 0 saturated heterocycles. The third kappa shape index (κ3) is 9.81. The van der Waals surface area contributed by atoms with Gasteiger partial charge in [0.05, 0.1) is 12.7 Å². The molecule has 1 aliphatic heterocycles. The number of ether oxygens (including phenoxy) is 1. The molecule has 1 amide bonds. The summed E-state index contributed by atoms with van der Waals surface area (Å²) in [5, 5.41) is 15.4. The van der Waals surface area contributed by atoms with Crippen molar-refractivity contribution in [2.75, 3.05) is 38.1 Å². The van der Waals surface area contributed by atoms with Gasteiger partial charge in [0.2, 0.25) is 0 Å². The highest BCUT2D eigenvalue weighted by atomic mass is 19.3. The van der Waals surface area contributed by atoms with Crippen LogP contribution >= 0.6 is 0 Å². The van der Waals surface area contributed by atoms with E-state index in [0.717, 1.165) is 62.8 Å². The molecule has 0 fully saturated rings. The fourth-order valence-electron chi connectivity index (χ4n) is 4.48. The molecule has 2 aromatic heterocycles. The van der Waals surface area contributed by atoms with Gasteiger partial charge in [-0.2, -0.15) is 0 Å². The molecule has 9 nitrogen and oxygen atoms in total. The molecule has 1 aliphatic rings. The number of carboxylic acids is 1. The zero-order valence-electron chi connectivity index (χ0n) is 22.7. The first-order chi connectivity index (χ1) is 18.7. The third-order valence-electron chi connectivity index (χ3n) is 6.59. The molecule has 0 aliphatic carbocycles. The van der Waals surface area contributed by atoms with Crippen molar-refractivity contribution in [2.45, 2.75) is 70.9 Å². The molecule has 11 heteroatoms. The van der Waals surface area contributed by atoms with Crippen LogP contribution in [0.1, 0.15) is 73.3 Å². The first-order valence-electron chi connectivity index (χ1n) is 13.6. The highest BCUT2D eigenvalue weighted by Crippen LogP contribution is 2.22. The maximum absolute atomic E-state index is 13.3. The number of alkyl halides is 2. The Bertz CT molecular complexity index is 1090. The monoisotopic (exact) mass is 547 g/mol. The molecule has 39 heavy (non-hydrogen) atoms. The summed E-state index contributed by atoms with van der Waals surface area (Å²) in [5.41, 5.74) is 1.31. The Kier molecular flexibility index (Phi) is 12.0. The molecular formula is C28H39F2N5O4. The summed E-state index contributed by atoms with van der Waals surface area (Å²) in [5.74, 6) is -1.18. The van der Waals surface area contributed by atoms with E-state index in [1.807, 2.05) is 13.8 Å². The number of unbranched alkanes of at least 4 members (excludes halogenated alkanes) is 1. The number of nitrogens with zero attached hydrogens (tertiary/aromatic N) is 3. The Morgan fingerprint density at radius 1 is 1.18 bits per heavy atom. The maximum Gasteiger partial charge on any atom is 0.326 e. The van der Waals surface area contributed by atoms with Crippen LogP contribution in [-0.4, -0.2) is 76.8 Å². The number of hydrogen-bond donors (Lipinski definition) is 3. The van der Waals surface area contributed by atoms with Crippen LogP contribution in [-0.2, 0) is 22.4 Å². The van der Waals surface area contributed by atoms with E-state index >= 15 is 0 Å². The summed E-state index contributed by atoms with van der Waals surface area (Å²) in [4.78, 5) is 35.1. The number of rotatable bonds is 16. The summed E-state index contributed by atoms with van der Waals surface area (Å²) in [6, 6.07) is 5.40. The number of carboxylic acid groups (broad SMARTS) is 1. The number of amides is 1. The minimum atomic E-state index is -2.90. The number of pyridine rings is 2. The molecule has 0 radical (unpaired) electrons. The van der Waals surface area contributed by atoms with Gasteiger partial charge in [-0.25, -0.2) is 18.6 Å². The molecule has 1 unspecified atom stereocenters. The van der Waals surface area contributed by atoms with Crippen molar-refractivity contribution < 1.29 is 28.2 Å². The van der Waals surface area contributed by atoms with Crippen LogP contribution in [0.25, 0.3) is 0 Å². The number of hydrogen-bond acceptors (Lipinski definition) is 7. The Balaban J connectivity index is 1.54. The molecule has 214 valence electrons. The first kappa shape index (κ1) is 30.4. The average Bonchev–Trinajstić information content (AvgIpc) is 2.92. The number of aryl methyl sites for hydroxylation is 2. The van der Waals surface area contributed by atoms with Gasteiger partial charge in [0.1, 0.15) is 17.6 Å². The second-order valence-electron chi connectivity index (χ2n) is 9.95. The van der Waals surface area contributed by atoms with Crippen LogP contribution in [0, 0.1) is 0 Å². The van der Waals surface area contributed by atoms with E-state index in [0.29, 0.717) is 19.7 Å². The lowest BCUT2D eigenvalue weighted by atomic mass is 10.1. The zero-order chi connectivity index (χ0) is 28.2. The van der Waals surface area contributed by atoms with E-state index in [-0.39, 0.29) is 12.5 Å². The molecule has 3 heterocycles. The second-order valence-corrected chi connectivity index (χ2v) is 9.95. The molecule has 2 aromatic rings. The first-order valence-corrected chi connectivity index (χ1v) is 13.6. The van der Waals surface area contributed by atoms with Crippen molar-refractivity contribution in [2.24, 2.45) is 0 Å². The van der Waals surface area contributed by atoms with Gasteiger partial charge in [0.15, 0.2) is 0 Å². The lowest BCUT2D eigenvalue weighted by Gasteiger charge is -2.25. The molecule has 1 atom stereocenters. The summed E-state index contributed by atoms with van der Waals surface area (Å²) in [6.45, 7) is 7.06. The maximum atomic E-state index is 13.3. The van der Waals surface area contributed by atoms with E-state index in [1.165, 1.54) is 17.8 Å². The number of aromatic nitrogens is 2. The molecule has 0 saturated carbocycles. The van der Waals surface area contributed by atoms with E-state index in [4.69, 9.17) is 9.72 Å². The van der Waals surface area contributed by atoms with Crippen molar-refractivity contribution in [3.05, 3.63) is 53.0 Å². The standard InChI is InChI=1S/C28H39F2N5O4/c1-19(2)39-18-17-35(15-4-3-8-21-11-10-20-7-5-14-32-26(20)33-21)16-12-23(28(37)38)34-27(36)24-22(25(29)30)9-6-13-31-24/h6,9-11,13,19,23,25H,3-5,7-8,12,14-18H2,1-2H3,(H,32,33)(H,34,36)(H,37,38). The van der Waals surface area contributed by atoms with Crippen LogP contribution in [0.15, 0.2) is 30.5 Å². The predicted octanol–water partition coefficient (Wildman–Crippen LogP) is 4.10. The summed E-state index contributed by atoms with van der Waals surface area (Å²) < 4.78 is 32.3. The van der Waals surface area contributed by atoms with Gasteiger partial charge in [-0.1, -0.05) is 6.07 Å². The number of anilines is 1. The van der Waals surface area contributed by atoms with Crippen LogP contribution in [0.5, 0.6) is 0 Å². The van der Waals surface area contributed by atoms with Crippen molar-refractivity contribution in [3.63, 3.8) is 0 Å². The number of carbonyl (C=O) groups excluding carboxylic acids is 1. The van der Waals surface area contributed by atoms with E-state index in [9.17, 15) is 23.5 Å². The quantitative estimate of drug-likeness (QED) is 0.269. The fourth-order valence-corrected chi connectivity index (χ4v) is 4.48. The van der Waals surface area contributed by atoms with Crippen LogP contribution in [0.4, 0.5) is 14.6 Å². The van der Waals surface area contributed by atoms with Gasteiger partial charge < -0.3 is 25.4 Å². The minimum Gasteiger partial charge on any atom is -0.480 e. The predicted molar refractivity (Wildman–Crippen MR) is 144 cm³/mol. The minimum absolute atomic E-state index is 0.0732. The largest absolute Gasteiger partial charge is 0.480 e. The zero-order valence-corrected chi connectivity index (χ0v) is 22.7. The van der Waals surface area contributed by atoms with E-state index in [2.05, 4.69) is 32.7 Å². The molecule has 0 spiro atoms. The summed E-state index contributed by atoms with van der Waals surface area (Å²) in [7, 11) is 0. The van der Waals surface area contributed by atoms with Gasteiger partial charge in [-0.15, -0.1) is 0 Å². The van der Waals surface area contributed by atoms with Crippen molar-refractivity contribution >= 4 is 17.7 Å². The van der Waals surface area contributed by atoms with Crippen molar-refractivity contribution in [1.82, 2.24) is 20.2 Å². The Hall–Kier alpha value is -3.18. The summed E-state index contributed by atoms with van der Waals surface area (Å²) in [6.07, 6.45) is 3.33. The number of aliphatic carboxylic acids is 1. The SMILES string of the molecule is CC(C)OCCN(CCCCc1ccc2c(n1)NCCC2)CCC(NC(=O)c1ncccc1C(F)F)C(=O)O. The number of nitrogens with one attached hydrogen (secondary N) is 2. The van der Waals surface area contributed by atoms with E-state index < -0.39 is 35.6 Å². The average molecular weight is 548 g/mol. The highest BCUT2D eigenvalue weighted by molar-refractivity contribution is 5.96. The van der Waals surface area contributed by atoms with Gasteiger partial charge in [-0.05, 0) is 82.7 Å². The molecule has 3 N–H and O–H groups in total. The molecular weight excluding hydrogens is 508 g/mol. The Morgan fingerprint density at radius 2 is 2.00 bits per heavy atom. The van der Waals surface area contributed by atoms with Gasteiger partial charge in [0, 0.05) is 37.1 Å². The van der Waals surface area contributed by atoms with Gasteiger partial charge in [0.25, 0.3) is 12.3 Å². The van der Waals surface area contributed by atoms with Crippen LogP contribution in [0.3, 0.4) is 0 Å². The normalized spacial score (nSPS) is 13.8. The lowest BCUT2D eigenvalue weighted by Crippen LogP contribution is -2.44. The molecule has 0 bridgehead atoms. The van der Waals surface area contributed by atoms with Gasteiger partial charge in [-0.3, -0.25) is 9.78 Å². The number of halogens is 2.